The number of Topliss-reactive ketones (excluding diaryl/α,β-unsaturated/α-hetero) is 1. The molecule has 14 heteroatoms. The largest absolute Gasteiger partial charge is 0.455 e. The molecule has 0 aliphatic carbocycles. The fraction of sp³-hybridized carbons (Fsp3) is 0.651. The predicted molar refractivity (Wildman–Crippen MR) is 213 cm³/mol. The number of aromatic nitrogens is 1. The average molecular weight is 793 g/mol. The zero-order valence-electron chi connectivity index (χ0n) is 34.7. The van der Waals surface area contributed by atoms with Gasteiger partial charge in [0.15, 0.2) is 23.8 Å². The van der Waals surface area contributed by atoms with E-state index in [0.29, 0.717) is 19.4 Å². The fourth-order valence-electron chi connectivity index (χ4n) is 9.60. The van der Waals surface area contributed by atoms with Gasteiger partial charge in [-0.15, -0.1) is 0 Å². The van der Waals surface area contributed by atoms with Gasteiger partial charge in [-0.25, -0.2) is 4.79 Å². The van der Waals surface area contributed by atoms with Crippen LogP contribution in [0.4, 0.5) is 4.79 Å². The third-order valence-corrected chi connectivity index (χ3v) is 12.6. The second-order valence-corrected chi connectivity index (χ2v) is 17.0. The lowest BCUT2D eigenvalue weighted by atomic mass is 9.73. The lowest BCUT2D eigenvalue weighted by molar-refractivity contribution is -0.296. The molecule has 0 radical (unpaired) electrons. The van der Waals surface area contributed by atoms with Crippen LogP contribution in [0.25, 0.3) is 17.0 Å². The third kappa shape index (κ3) is 8.53. The Balaban J connectivity index is 1.42. The minimum atomic E-state index is -1.44. The minimum absolute atomic E-state index is 0.133. The highest BCUT2D eigenvalue weighted by Crippen LogP contribution is 2.43. The summed E-state index contributed by atoms with van der Waals surface area (Å²) in [5, 5.41) is 23.3. The first-order chi connectivity index (χ1) is 27.0. The molecule has 2 N–H and O–H groups in total. The van der Waals surface area contributed by atoms with Gasteiger partial charge in [0.05, 0.1) is 49.1 Å². The summed E-state index contributed by atoms with van der Waals surface area (Å²) in [7, 11) is 3.78. The number of hydrogen-bond donors (Lipinski definition) is 2. The average Bonchev–Trinajstić information content (AvgIpc) is 3.30. The maximum absolute atomic E-state index is 14.5. The quantitative estimate of drug-likeness (QED) is 0.288. The van der Waals surface area contributed by atoms with Gasteiger partial charge in [-0.3, -0.25) is 24.5 Å². The van der Waals surface area contributed by atoms with Gasteiger partial charge >= 0.3 is 12.1 Å². The number of hydrogen-bond acceptors (Lipinski definition) is 13. The Labute approximate surface area is 335 Å². The number of aliphatic imine (C=N–C) groups is 1. The number of pyridine rings is 1. The van der Waals surface area contributed by atoms with Gasteiger partial charge in [-0.1, -0.05) is 45.1 Å². The number of nitrogens with zero attached hydrogens (tertiary/aromatic N) is 4. The van der Waals surface area contributed by atoms with Crippen LogP contribution < -0.4 is 0 Å². The van der Waals surface area contributed by atoms with Crippen LogP contribution in [0.1, 0.15) is 66.9 Å². The number of carbonyl (C=O) groups excluding carboxylic acids is 3. The summed E-state index contributed by atoms with van der Waals surface area (Å²) in [6, 6.07) is 8.97. The Morgan fingerprint density at radius 3 is 2.54 bits per heavy atom. The Bertz CT molecular complexity index is 1850. The number of amides is 1. The molecule has 3 saturated heterocycles. The van der Waals surface area contributed by atoms with E-state index in [1.165, 1.54) is 6.92 Å². The maximum Gasteiger partial charge on any atom is 0.411 e. The van der Waals surface area contributed by atoms with Gasteiger partial charge in [-0.05, 0) is 84.3 Å². The lowest BCUT2D eigenvalue weighted by Crippen LogP contribution is -2.60. The second kappa shape index (κ2) is 17.2. The number of aliphatic hydroxyl groups excluding tert-OH is 2. The van der Waals surface area contributed by atoms with E-state index >= 15 is 0 Å². The summed E-state index contributed by atoms with van der Waals surface area (Å²) in [5.74, 6) is -4.29. The summed E-state index contributed by atoms with van der Waals surface area (Å²) < 4.78 is 31.9. The number of ketones is 1. The first-order valence-corrected chi connectivity index (χ1v) is 20.2. The number of carbonyl (C=O) groups is 3. The number of cyclic esters (lactones) is 1. The molecule has 57 heavy (non-hydrogen) atoms. The summed E-state index contributed by atoms with van der Waals surface area (Å²) in [6.07, 6.45) is 1.20. The Morgan fingerprint density at radius 1 is 1.07 bits per heavy atom. The van der Waals surface area contributed by atoms with E-state index in [0.717, 1.165) is 22.2 Å². The molecule has 2 aromatic rings. The molecule has 2 bridgehead atoms. The number of rotatable bonds is 8. The van der Waals surface area contributed by atoms with Gasteiger partial charge in [0.2, 0.25) is 0 Å². The van der Waals surface area contributed by atoms with Crippen LogP contribution in [-0.2, 0) is 33.3 Å². The monoisotopic (exact) mass is 792 g/mol. The third-order valence-electron chi connectivity index (χ3n) is 12.6. The zero-order chi connectivity index (χ0) is 41.4. The number of fused-ring (bicyclic) bond motifs is 2. The van der Waals surface area contributed by atoms with E-state index in [2.05, 4.69) is 4.98 Å². The number of esters is 1. The Kier molecular flexibility index (Phi) is 12.9. The van der Waals surface area contributed by atoms with Crippen molar-refractivity contribution in [3.63, 3.8) is 0 Å². The Hall–Kier alpha value is -3.79. The molecule has 1 aromatic carbocycles. The van der Waals surface area contributed by atoms with E-state index in [4.69, 9.17) is 28.7 Å². The SMILES string of the molecule is C[C@H]1C(=O)O[C@@H](CO)[C@@]2(C)OC(=O)N3CCN=C([C@H](C)C[C@](C)(OC/C=C/c4ccc5ncccc5c4)[C@H](O[C@H]4O[C@@H](C)C[C@@H](N(C)C)C4O)[C@@H](C)C1=O)[C@@H](C)[C@@H]32. The molecular weight excluding hydrogens is 732 g/mol. The summed E-state index contributed by atoms with van der Waals surface area (Å²) >= 11 is 0. The zero-order valence-corrected chi connectivity index (χ0v) is 34.7. The van der Waals surface area contributed by atoms with Crippen LogP contribution in [-0.4, -0.2) is 143 Å². The number of aliphatic hydroxyl groups is 2. The Morgan fingerprint density at radius 2 is 1.82 bits per heavy atom. The molecule has 1 amide bonds. The molecular formula is C43H60N4O10. The molecule has 4 aliphatic rings. The molecule has 14 nitrogen and oxygen atoms in total. The molecule has 6 rings (SSSR count). The van der Waals surface area contributed by atoms with Gasteiger partial charge in [0.25, 0.3) is 0 Å². The highest BCUT2D eigenvalue weighted by Gasteiger charge is 2.61. The smallest absolute Gasteiger partial charge is 0.411 e. The number of ether oxygens (including phenoxy) is 5. The van der Waals surface area contributed by atoms with Crippen LogP contribution in [0.15, 0.2) is 47.6 Å². The van der Waals surface area contributed by atoms with Crippen LogP contribution in [0.2, 0.25) is 0 Å². The summed E-state index contributed by atoms with van der Waals surface area (Å²) in [5.41, 5.74) is -0.0267. The molecule has 0 spiro atoms. The molecule has 1 unspecified atom stereocenters. The van der Waals surface area contributed by atoms with Crippen LogP contribution in [0, 0.1) is 23.7 Å². The van der Waals surface area contributed by atoms with Crippen molar-refractivity contribution in [2.24, 2.45) is 28.7 Å². The summed E-state index contributed by atoms with van der Waals surface area (Å²) in [4.78, 5) is 54.8. The maximum atomic E-state index is 14.5. The van der Waals surface area contributed by atoms with E-state index in [1.54, 1.807) is 24.9 Å². The fourth-order valence-corrected chi connectivity index (χ4v) is 9.60. The number of benzene rings is 1. The van der Waals surface area contributed by atoms with Gasteiger partial charge in [0, 0.05) is 41.7 Å². The predicted octanol–water partition coefficient (Wildman–Crippen LogP) is 4.29. The van der Waals surface area contributed by atoms with Crippen molar-refractivity contribution in [1.29, 1.82) is 0 Å². The van der Waals surface area contributed by atoms with Crippen molar-refractivity contribution >= 4 is 40.5 Å². The molecule has 4 aliphatic heterocycles. The number of likely N-dealkylation sites (N-methyl/N-ethyl adjacent to an activating group) is 1. The molecule has 312 valence electrons. The molecule has 1 aromatic heterocycles. The highest BCUT2D eigenvalue weighted by molar-refractivity contribution is 6.00. The summed E-state index contributed by atoms with van der Waals surface area (Å²) in [6.45, 7) is 12.7. The van der Waals surface area contributed by atoms with Gasteiger partial charge < -0.3 is 38.8 Å². The van der Waals surface area contributed by atoms with Crippen LogP contribution in [0.3, 0.4) is 0 Å². The van der Waals surface area contributed by atoms with Crippen molar-refractivity contribution in [1.82, 2.24) is 14.8 Å². The molecule has 5 heterocycles. The van der Waals surface area contributed by atoms with Crippen molar-refractivity contribution < 1.29 is 48.3 Å². The van der Waals surface area contributed by atoms with Crippen LogP contribution in [0.5, 0.6) is 0 Å². The standard InChI is InChI=1S/C43H60N4O10/c1-24-22-42(6,53-19-11-12-29-14-15-31-30(21-29)13-10-16-44-31)38(56-40-36(50)32(46(8)9)20-25(2)54-40)27(4)35(49)28(5)39(51)55-33(23-48)43(7)37-26(3)34(24)45-17-18-47(37)41(52)57-43/h10-16,21,24-28,32-33,36-38,40,48,50H,17-20,22-23H2,1-9H3/b12-11+/t24-,25+,26-,27+,28-,32-,33+,36?,37-,38-,40-,42+,43-/m1/s1. The minimum Gasteiger partial charge on any atom is -0.455 e. The van der Waals surface area contributed by atoms with Crippen molar-refractivity contribution in [2.75, 3.05) is 40.4 Å². The van der Waals surface area contributed by atoms with E-state index < -0.39 is 78.1 Å². The lowest BCUT2D eigenvalue weighted by Gasteiger charge is -2.47. The van der Waals surface area contributed by atoms with E-state index in [9.17, 15) is 24.6 Å². The van der Waals surface area contributed by atoms with Gasteiger partial charge in [-0.2, -0.15) is 0 Å². The van der Waals surface area contributed by atoms with Crippen LogP contribution >= 0.6 is 0 Å². The van der Waals surface area contributed by atoms with Crippen molar-refractivity contribution in [2.45, 2.75) is 115 Å². The van der Waals surface area contributed by atoms with E-state index in [1.807, 2.05) is 89.2 Å². The highest BCUT2D eigenvalue weighted by atomic mass is 16.7. The van der Waals surface area contributed by atoms with Crippen molar-refractivity contribution in [3.8, 4) is 0 Å². The van der Waals surface area contributed by atoms with Gasteiger partial charge in [0.1, 0.15) is 12.0 Å². The van der Waals surface area contributed by atoms with Crippen molar-refractivity contribution in [3.05, 3.63) is 48.2 Å². The topological polar surface area (TPSA) is 170 Å². The molecule has 3 fully saturated rings. The molecule has 0 saturated carbocycles. The second-order valence-electron chi connectivity index (χ2n) is 17.0. The molecule has 13 atom stereocenters. The van der Waals surface area contributed by atoms with E-state index in [-0.39, 0.29) is 37.1 Å². The normalized spacial score (nSPS) is 38.2. The first-order valence-electron chi connectivity index (χ1n) is 20.2. The first kappa shape index (κ1) is 42.8.